The Morgan fingerprint density at radius 2 is 0.694 bits per heavy atom. The molecule has 426 valence electrons. The summed E-state index contributed by atoms with van der Waals surface area (Å²) in [6, 6.07) is -0.539. The molecule has 0 aliphatic carbocycles. The number of hydrogen-bond acceptors (Lipinski definition) is 5. The average molecular weight is 1010 g/mol. The van der Waals surface area contributed by atoms with Gasteiger partial charge in [0.25, 0.3) is 0 Å². The molecule has 3 N–H and O–H groups in total. The smallest absolute Gasteiger partial charge is 0.305 e. The first-order valence-electron chi connectivity index (χ1n) is 32.6. The molecule has 0 saturated heterocycles. The summed E-state index contributed by atoms with van der Waals surface area (Å²) in [6.07, 6.45) is 76.5. The molecule has 0 aliphatic rings. The molecule has 0 bridgehead atoms. The summed E-state index contributed by atoms with van der Waals surface area (Å²) >= 11 is 0. The Morgan fingerprint density at radius 3 is 1.06 bits per heavy atom. The summed E-state index contributed by atoms with van der Waals surface area (Å²) in [7, 11) is 0. The molecule has 0 aliphatic heterocycles. The topological polar surface area (TPSA) is 95.9 Å². The second-order valence-electron chi connectivity index (χ2n) is 22.5. The van der Waals surface area contributed by atoms with E-state index in [4.69, 9.17) is 4.74 Å². The van der Waals surface area contributed by atoms with Crippen molar-refractivity contribution in [2.24, 2.45) is 0 Å². The third-order valence-electron chi connectivity index (χ3n) is 15.3. The highest BCUT2D eigenvalue weighted by atomic mass is 16.5. The van der Waals surface area contributed by atoms with Crippen molar-refractivity contribution < 1.29 is 24.5 Å². The lowest BCUT2D eigenvalue weighted by molar-refractivity contribution is -0.143. The van der Waals surface area contributed by atoms with Crippen LogP contribution in [0.1, 0.15) is 361 Å². The molecular formula is C66H127NO5. The molecule has 6 nitrogen and oxygen atoms in total. The van der Waals surface area contributed by atoms with Crippen molar-refractivity contribution in [3.8, 4) is 0 Å². The number of esters is 1. The maximum Gasteiger partial charge on any atom is 0.305 e. The number of unbranched alkanes of at least 4 members (excludes halogenated alkanes) is 46. The van der Waals surface area contributed by atoms with Crippen LogP contribution in [0.4, 0.5) is 0 Å². The molecule has 0 fully saturated rings. The largest absolute Gasteiger partial charge is 0.466 e. The fourth-order valence-corrected chi connectivity index (χ4v) is 10.3. The summed E-state index contributed by atoms with van der Waals surface area (Å²) in [5.74, 6) is -0.0189. The zero-order valence-corrected chi connectivity index (χ0v) is 48.7. The summed E-state index contributed by atoms with van der Waals surface area (Å²) in [4.78, 5) is 24.5. The Morgan fingerprint density at radius 1 is 0.389 bits per heavy atom. The monoisotopic (exact) mass is 1010 g/mol. The van der Waals surface area contributed by atoms with E-state index in [1.165, 1.54) is 283 Å². The molecule has 0 aromatic heterocycles. The number of aliphatic hydroxyl groups excluding tert-OH is 2. The van der Waals surface area contributed by atoms with Gasteiger partial charge in [-0.05, 0) is 57.8 Å². The number of carbonyl (C=O) groups is 2. The van der Waals surface area contributed by atoms with Gasteiger partial charge in [-0.2, -0.15) is 0 Å². The molecule has 2 atom stereocenters. The molecule has 0 heterocycles. The van der Waals surface area contributed by atoms with Gasteiger partial charge in [-0.15, -0.1) is 0 Å². The van der Waals surface area contributed by atoms with Crippen molar-refractivity contribution in [3.63, 3.8) is 0 Å². The van der Waals surface area contributed by atoms with Gasteiger partial charge in [-0.3, -0.25) is 9.59 Å². The third kappa shape index (κ3) is 57.6. The van der Waals surface area contributed by atoms with Crippen LogP contribution in [-0.2, 0) is 14.3 Å². The van der Waals surface area contributed by atoms with E-state index in [0.717, 1.165) is 44.9 Å². The first-order valence-corrected chi connectivity index (χ1v) is 32.6. The Bertz CT molecular complexity index is 1120. The molecule has 0 aromatic rings. The summed E-state index contributed by atoms with van der Waals surface area (Å²) in [5.41, 5.74) is 0. The van der Waals surface area contributed by atoms with E-state index < -0.39 is 12.1 Å². The minimum atomic E-state index is -0.661. The number of hydrogen-bond donors (Lipinski definition) is 3. The average Bonchev–Trinajstić information content (AvgIpc) is 3.38. The first-order chi connectivity index (χ1) is 35.5. The molecule has 1 amide bonds. The SMILES string of the molecule is CCCCCCCCCCCCCCCCC(=O)OCCCCCCCCCCC/C=C\C/C=C\CCCCCCCCCCCCCCCCCC(=O)NC(CO)C(O)CCCCCCCCCCCC. The fraction of sp³-hybridized carbons (Fsp3) is 0.909. The highest BCUT2D eigenvalue weighted by Crippen LogP contribution is 2.18. The van der Waals surface area contributed by atoms with E-state index in [0.29, 0.717) is 25.9 Å². The van der Waals surface area contributed by atoms with E-state index >= 15 is 0 Å². The van der Waals surface area contributed by atoms with Crippen LogP contribution in [0, 0.1) is 0 Å². The van der Waals surface area contributed by atoms with E-state index in [2.05, 4.69) is 43.5 Å². The molecule has 0 saturated carbocycles. The van der Waals surface area contributed by atoms with Crippen LogP contribution in [0.25, 0.3) is 0 Å². The minimum absolute atomic E-state index is 0.0157. The highest BCUT2D eigenvalue weighted by Gasteiger charge is 2.20. The zero-order chi connectivity index (χ0) is 52.2. The zero-order valence-electron chi connectivity index (χ0n) is 48.7. The highest BCUT2D eigenvalue weighted by molar-refractivity contribution is 5.76. The van der Waals surface area contributed by atoms with Gasteiger partial charge < -0.3 is 20.3 Å². The Labute approximate surface area is 450 Å². The molecule has 0 spiro atoms. The Balaban J connectivity index is 3.36. The van der Waals surface area contributed by atoms with Crippen LogP contribution in [-0.4, -0.2) is 47.4 Å². The number of ether oxygens (including phenoxy) is 1. The van der Waals surface area contributed by atoms with Crippen LogP contribution < -0.4 is 5.32 Å². The van der Waals surface area contributed by atoms with Gasteiger partial charge in [0, 0.05) is 12.8 Å². The number of aliphatic hydroxyl groups is 2. The summed E-state index contributed by atoms with van der Waals surface area (Å²) < 4.78 is 5.49. The van der Waals surface area contributed by atoms with Crippen molar-refractivity contribution in [1.29, 1.82) is 0 Å². The maximum atomic E-state index is 12.4. The normalized spacial score (nSPS) is 12.7. The summed E-state index contributed by atoms with van der Waals surface area (Å²) in [5, 5.41) is 23.2. The molecular weight excluding hydrogens is 887 g/mol. The molecule has 2 unspecified atom stereocenters. The van der Waals surface area contributed by atoms with Gasteiger partial charge in [0.15, 0.2) is 0 Å². The van der Waals surface area contributed by atoms with E-state index in [9.17, 15) is 19.8 Å². The lowest BCUT2D eigenvalue weighted by Crippen LogP contribution is -2.45. The van der Waals surface area contributed by atoms with Crippen molar-refractivity contribution in [2.45, 2.75) is 373 Å². The molecule has 0 aromatic carbocycles. The maximum absolute atomic E-state index is 12.4. The minimum Gasteiger partial charge on any atom is -0.466 e. The molecule has 6 heteroatoms. The van der Waals surface area contributed by atoms with Crippen LogP contribution in [0.3, 0.4) is 0 Å². The van der Waals surface area contributed by atoms with E-state index in [-0.39, 0.29) is 18.5 Å². The summed E-state index contributed by atoms with van der Waals surface area (Å²) in [6.45, 7) is 4.96. The predicted molar refractivity (Wildman–Crippen MR) is 315 cm³/mol. The third-order valence-corrected chi connectivity index (χ3v) is 15.3. The molecule has 0 rings (SSSR count). The number of amides is 1. The van der Waals surface area contributed by atoms with Gasteiger partial charge in [-0.25, -0.2) is 0 Å². The first kappa shape index (κ1) is 70.3. The number of nitrogens with one attached hydrogen (secondary N) is 1. The second kappa shape index (κ2) is 61.9. The van der Waals surface area contributed by atoms with Gasteiger partial charge in [0.05, 0.1) is 25.4 Å². The number of rotatable bonds is 61. The lowest BCUT2D eigenvalue weighted by Gasteiger charge is -2.22. The number of carbonyl (C=O) groups excluding carboxylic acids is 2. The van der Waals surface area contributed by atoms with Crippen molar-refractivity contribution in [3.05, 3.63) is 24.3 Å². The van der Waals surface area contributed by atoms with Crippen LogP contribution >= 0.6 is 0 Å². The van der Waals surface area contributed by atoms with Gasteiger partial charge >= 0.3 is 5.97 Å². The standard InChI is InChI=1S/C66H127NO5/c1-3-5-7-9-11-13-15-16-37-40-44-48-52-56-60-66(71)72-61-57-53-49-45-41-38-35-33-31-29-27-25-23-21-19-17-18-20-22-24-26-28-30-32-34-36-39-43-47-51-55-59-65(70)67-63(62-68)64(69)58-54-50-46-42-14-12-10-8-6-4-2/h19,21,25,27,63-64,68-69H,3-18,20,22-24,26,28-62H2,1-2H3,(H,67,70)/b21-19-,27-25-. The quantitative estimate of drug-likeness (QED) is 0.0320. The fourth-order valence-electron chi connectivity index (χ4n) is 10.3. The molecule has 72 heavy (non-hydrogen) atoms. The van der Waals surface area contributed by atoms with E-state index in [1.807, 2.05) is 0 Å². The van der Waals surface area contributed by atoms with E-state index in [1.54, 1.807) is 0 Å². The van der Waals surface area contributed by atoms with Gasteiger partial charge in [-0.1, -0.05) is 314 Å². The van der Waals surface area contributed by atoms with Crippen LogP contribution in [0.5, 0.6) is 0 Å². The van der Waals surface area contributed by atoms with Crippen LogP contribution in [0.15, 0.2) is 24.3 Å². The predicted octanol–water partition coefficient (Wildman–Crippen LogP) is 20.6. The number of allylic oxidation sites excluding steroid dienone is 4. The van der Waals surface area contributed by atoms with Crippen molar-refractivity contribution in [2.75, 3.05) is 13.2 Å². The Kier molecular flexibility index (Phi) is 60.5. The van der Waals surface area contributed by atoms with Crippen molar-refractivity contribution >= 4 is 11.9 Å². The van der Waals surface area contributed by atoms with Crippen LogP contribution in [0.2, 0.25) is 0 Å². The molecule has 0 radical (unpaired) electrons. The Hall–Kier alpha value is -1.66. The second-order valence-corrected chi connectivity index (χ2v) is 22.5. The van der Waals surface area contributed by atoms with Crippen molar-refractivity contribution in [1.82, 2.24) is 5.32 Å². The lowest BCUT2D eigenvalue weighted by atomic mass is 10.0. The van der Waals surface area contributed by atoms with Gasteiger partial charge in [0.2, 0.25) is 5.91 Å². The van der Waals surface area contributed by atoms with Gasteiger partial charge in [0.1, 0.15) is 0 Å².